The van der Waals surface area contributed by atoms with Crippen molar-refractivity contribution in [2.24, 2.45) is 5.14 Å². The van der Waals surface area contributed by atoms with E-state index in [2.05, 4.69) is 5.32 Å². The molecule has 0 saturated carbocycles. The summed E-state index contributed by atoms with van der Waals surface area (Å²) in [7, 11) is -3.73. The molecule has 1 atom stereocenters. The Labute approximate surface area is 167 Å². The molecule has 1 amide bonds. The number of carbonyl (C=O) groups excluding carboxylic acids is 1. The van der Waals surface area contributed by atoms with E-state index in [9.17, 15) is 17.6 Å². The highest BCUT2D eigenvalue weighted by molar-refractivity contribution is 7.89. The zero-order chi connectivity index (χ0) is 20.1. The lowest BCUT2D eigenvalue weighted by Crippen LogP contribution is -2.29. The second kappa shape index (κ2) is 8.64. The molecule has 0 fully saturated rings. The number of nitrogens with two attached hydrogens (primary N) is 1. The standard InChI is InChI=1S/C20H19FN2O3S2/c21-16-8-6-15(7-9-16)20(18-2-1-13-27-18)23-19(24)12-5-14-3-10-17(11-4-14)28(22,25)26/h1-4,6-11,13,20H,5,12H2,(H,23,24)(H2,22,25,26). The Morgan fingerprint density at radius 1 is 1.07 bits per heavy atom. The molecule has 0 saturated heterocycles. The molecule has 0 bridgehead atoms. The maximum absolute atomic E-state index is 13.2. The van der Waals surface area contributed by atoms with Gasteiger partial charge in [-0.05, 0) is 53.3 Å². The van der Waals surface area contributed by atoms with Crippen molar-refractivity contribution in [2.45, 2.75) is 23.8 Å². The number of amides is 1. The molecule has 1 aromatic heterocycles. The van der Waals surface area contributed by atoms with Crippen molar-refractivity contribution in [1.82, 2.24) is 5.32 Å². The van der Waals surface area contributed by atoms with Crippen LogP contribution in [0, 0.1) is 5.82 Å². The van der Waals surface area contributed by atoms with E-state index in [0.29, 0.717) is 6.42 Å². The van der Waals surface area contributed by atoms with Gasteiger partial charge in [0.2, 0.25) is 15.9 Å². The summed E-state index contributed by atoms with van der Waals surface area (Å²) in [5, 5.41) is 10.00. The number of aryl methyl sites for hydroxylation is 1. The van der Waals surface area contributed by atoms with E-state index in [1.54, 1.807) is 24.3 Å². The molecule has 3 N–H and O–H groups in total. The topological polar surface area (TPSA) is 89.3 Å². The van der Waals surface area contributed by atoms with Crippen LogP contribution in [0.1, 0.15) is 28.5 Å². The van der Waals surface area contributed by atoms with Crippen LogP contribution in [-0.4, -0.2) is 14.3 Å². The van der Waals surface area contributed by atoms with Gasteiger partial charge in [0.15, 0.2) is 0 Å². The Kier molecular flexibility index (Phi) is 6.23. The van der Waals surface area contributed by atoms with E-state index in [4.69, 9.17) is 5.14 Å². The lowest BCUT2D eigenvalue weighted by molar-refractivity contribution is -0.121. The highest BCUT2D eigenvalue weighted by atomic mass is 32.2. The van der Waals surface area contributed by atoms with Crippen molar-refractivity contribution in [3.63, 3.8) is 0 Å². The fourth-order valence-corrected chi connectivity index (χ4v) is 4.08. The largest absolute Gasteiger partial charge is 0.344 e. The molecule has 3 aromatic rings. The summed E-state index contributed by atoms with van der Waals surface area (Å²) >= 11 is 1.51. The Hall–Kier alpha value is -2.55. The fourth-order valence-electron chi connectivity index (χ4n) is 2.77. The molecular formula is C20H19FN2O3S2. The van der Waals surface area contributed by atoms with Crippen LogP contribution in [0.3, 0.4) is 0 Å². The number of primary sulfonamides is 1. The van der Waals surface area contributed by atoms with Gasteiger partial charge in [-0.2, -0.15) is 0 Å². The number of sulfonamides is 1. The number of rotatable bonds is 7. The molecule has 28 heavy (non-hydrogen) atoms. The van der Waals surface area contributed by atoms with Crippen LogP contribution in [0.2, 0.25) is 0 Å². The van der Waals surface area contributed by atoms with Crippen molar-refractivity contribution in [1.29, 1.82) is 0 Å². The van der Waals surface area contributed by atoms with E-state index in [1.807, 2.05) is 17.5 Å². The van der Waals surface area contributed by atoms with Crippen LogP contribution in [-0.2, 0) is 21.2 Å². The van der Waals surface area contributed by atoms with Gasteiger partial charge in [-0.3, -0.25) is 4.79 Å². The summed E-state index contributed by atoms with van der Waals surface area (Å²) in [5.74, 6) is -0.485. The minimum atomic E-state index is -3.73. The maximum atomic E-state index is 13.2. The molecule has 2 aromatic carbocycles. The van der Waals surface area contributed by atoms with Crippen molar-refractivity contribution in [3.05, 3.63) is 87.9 Å². The van der Waals surface area contributed by atoms with Crippen molar-refractivity contribution in [2.75, 3.05) is 0 Å². The first kappa shape index (κ1) is 20.2. The summed E-state index contributed by atoms with van der Waals surface area (Å²) in [6.45, 7) is 0. The smallest absolute Gasteiger partial charge is 0.238 e. The molecule has 0 aliphatic rings. The third kappa shape index (κ3) is 5.25. The Morgan fingerprint density at radius 3 is 2.32 bits per heavy atom. The van der Waals surface area contributed by atoms with Crippen molar-refractivity contribution < 1.29 is 17.6 Å². The zero-order valence-corrected chi connectivity index (χ0v) is 16.5. The predicted octanol–water partition coefficient (Wildman–Crippen LogP) is 3.37. The van der Waals surface area contributed by atoms with E-state index in [-0.39, 0.29) is 29.1 Å². The molecule has 8 heteroatoms. The SMILES string of the molecule is NS(=O)(=O)c1ccc(CCC(=O)NC(c2ccc(F)cc2)c2cccs2)cc1. The number of thiophene rings is 1. The van der Waals surface area contributed by atoms with Crippen LogP contribution >= 0.6 is 11.3 Å². The summed E-state index contributed by atoms with van der Waals surface area (Å²) < 4.78 is 35.8. The molecule has 0 radical (unpaired) electrons. The number of halogens is 1. The molecule has 0 aliphatic carbocycles. The number of carbonyl (C=O) groups is 1. The molecule has 3 rings (SSSR count). The number of benzene rings is 2. The highest BCUT2D eigenvalue weighted by Crippen LogP contribution is 2.26. The van der Waals surface area contributed by atoms with Gasteiger partial charge in [-0.25, -0.2) is 17.9 Å². The number of nitrogens with one attached hydrogen (secondary N) is 1. The van der Waals surface area contributed by atoms with Crippen molar-refractivity contribution >= 4 is 27.3 Å². The van der Waals surface area contributed by atoms with Crippen LogP contribution in [0.5, 0.6) is 0 Å². The van der Waals surface area contributed by atoms with Gasteiger partial charge >= 0.3 is 0 Å². The maximum Gasteiger partial charge on any atom is 0.238 e. The molecule has 0 aliphatic heterocycles. The number of hydrogen-bond donors (Lipinski definition) is 2. The third-order valence-electron chi connectivity index (χ3n) is 4.23. The minimum absolute atomic E-state index is 0.0368. The van der Waals surface area contributed by atoms with E-state index >= 15 is 0 Å². The van der Waals surface area contributed by atoms with Gasteiger partial charge in [0.1, 0.15) is 5.82 Å². The number of hydrogen-bond acceptors (Lipinski definition) is 4. The minimum Gasteiger partial charge on any atom is -0.344 e. The second-order valence-corrected chi connectivity index (χ2v) is 8.80. The monoisotopic (exact) mass is 418 g/mol. The average molecular weight is 419 g/mol. The van der Waals surface area contributed by atoms with Crippen molar-refractivity contribution in [3.8, 4) is 0 Å². The normalized spacial score (nSPS) is 12.5. The molecule has 5 nitrogen and oxygen atoms in total. The second-order valence-electron chi connectivity index (χ2n) is 6.26. The summed E-state index contributed by atoms with van der Waals surface area (Å²) in [5.41, 5.74) is 1.63. The van der Waals surface area contributed by atoms with Gasteiger partial charge < -0.3 is 5.32 Å². The van der Waals surface area contributed by atoms with Crippen LogP contribution in [0.4, 0.5) is 4.39 Å². The quantitative estimate of drug-likeness (QED) is 0.616. The fraction of sp³-hybridized carbons (Fsp3) is 0.150. The Morgan fingerprint density at radius 2 is 1.75 bits per heavy atom. The first-order chi connectivity index (χ1) is 13.3. The Bertz CT molecular complexity index is 1030. The summed E-state index contributed by atoms with van der Waals surface area (Å²) in [6.07, 6.45) is 0.690. The van der Waals surface area contributed by atoms with Crippen LogP contribution < -0.4 is 10.5 Å². The predicted molar refractivity (Wildman–Crippen MR) is 107 cm³/mol. The van der Waals surface area contributed by atoms with E-state index < -0.39 is 10.0 Å². The molecule has 146 valence electrons. The van der Waals surface area contributed by atoms with Gasteiger partial charge in [-0.1, -0.05) is 30.3 Å². The first-order valence-corrected chi connectivity index (χ1v) is 11.0. The first-order valence-electron chi connectivity index (χ1n) is 8.53. The van der Waals surface area contributed by atoms with Gasteiger partial charge in [-0.15, -0.1) is 11.3 Å². The third-order valence-corrected chi connectivity index (χ3v) is 6.10. The van der Waals surface area contributed by atoms with Crippen LogP contribution in [0.25, 0.3) is 0 Å². The Balaban J connectivity index is 1.66. The average Bonchev–Trinajstić information content (AvgIpc) is 3.19. The van der Waals surface area contributed by atoms with Gasteiger partial charge in [0, 0.05) is 11.3 Å². The van der Waals surface area contributed by atoms with E-state index in [0.717, 1.165) is 16.0 Å². The highest BCUT2D eigenvalue weighted by Gasteiger charge is 2.18. The molecule has 1 heterocycles. The molecular weight excluding hydrogens is 399 g/mol. The van der Waals surface area contributed by atoms with Gasteiger partial charge in [0.05, 0.1) is 10.9 Å². The van der Waals surface area contributed by atoms with Gasteiger partial charge in [0.25, 0.3) is 0 Å². The van der Waals surface area contributed by atoms with Crippen LogP contribution in [0.15, 0.2) is 70.9 Å². The van der Waals surface area contributed by atoms with E-state index in [1.165, 1.54) is 35.6 Å². The zero-order valence-electron chi connectivity index (χ0n) is 14.8. The summed E-state index contributed by atoms with van der Waals surface area (Å²) in [4.78, 5) is 13.5. The molecule has 1 unspecified atom stereocenters. The lowest BCUT2D eigenvalue weighted by Gasteiger charge is -2.18. The summed E-state index contributed by atoms with van der Waals surface area (Å²) in [6, 6.07) is 15.7. The molecule has 0 spiro atoms. The lowest BCUT2D eigenvalue weighted by atomic mass is 10.0.